The molecule has 0 saturated carbocycles. The Morgan fingerprint density at radius 2 is 1.75 bits per heavy atom. The van der Waals surface area contributed by atoms with Crippen LogP contribution >= 0.6 is 35.3 Å². The Labute approximate surface area is 166 Å². The lowest BCUT2D eigenvalue weighted by Crippen LogP contribution is -2.37. The summed E-state index contributed by atoms with van der Waals surface area (Å²) in [5.74, 6) is 0.858. The molecule has 3 N–H and O–H groups in total. The lowest BCUT2D eigenvalue weighted by Gasteiger charge is -2.11. The van der Waals surface area contributed by atoms with Crippen molar-refractivity contribution < 1.29 is 0 Å². The van der Waals surface area contributed by atoms with Gasteiger partial charge in [-0.05, 0) is 37.1 Å². The number of para-hydroxylation sites is 1. The molecule has 0 radical (unpaired) electrons. The van der Waals surface area contributed by atoms with Gasteiger partial charge in [-0.2, -0.15) is 0 Å². The third-order valence-electron chi connectivity index (χ3n) is 3.47. The SMILES string of the molecule is CCc1ccc(CNC(=NC)NCCCNc2ccccc2)s1.I. The van der Waals surface area contributed by atoms with Gasteiger partial charge in [0.1, 0.15) is 0 Å². The number of benzene rings is 1. The summed E-state index contributed by atoms with van der Waals surface area (Å²) in [5.41, 5.74) is 1.17. The largest absolute Gasteiger partial charge is 0.385 e. The van der Waals surface area contributed by atoms with E-state index in [1.807, 2.05) is 36.6 Å². The first-order valence-corrected chi connectivity index (χ1v) is 8.94. The minimum Gasteiger partial charge on any atom is -0.385 e. The van der Waals surface area contributed by atoms with Crippen LogP contribution in [0, 0.1) is 0 Å². The summed E-state index contributed by atoms with van der Waals surface area (Å²) < 4.78 is 0. The number of nitrogens with zero attached hydrogens (tertiary/aromatic N) is 1. The van der Waals surface area contributed by atoms with Crippen molar-refractivity contribution in [3.63, 3.8) is 0 Å². The van der Waals surface area contributed by atoms with Crippen molar-refractivity contribution in [2.75, 3.05) is 25.5 Å². The molecule has 2 aromatic rings. The fourth-order valence-corrected chi connectivity index (χ4v) is 3.08. The molecule has 0 amide bonds. The first-order valence-electron chi connectivity index (χ1n) is 8.13. The van der Waals surface area contributed by atoms with Gasteiger partial charge in [0, 0.05) is 35.6 Å². The van der Waals surface area contributed by atoms with Gasteiger partial charge in [0.15, 0.2) is 5.96 Å². The van der Waals surface area contributed by atoms with Crippen molar-refractivity contribution in [1.29, 1.82) is 0 Å². The highest BCUT2D eigenvalue weighted by molar-refractivity contribution is 14.0. The van der Waals surface area contributed by atoms with Crippen molar-refractivity contribution in [3.05, 3.63) is 52.2 Å². The summed E-state index contributed by atoms with van der Waals surface area (Å²) >= 11 is 1.86. The molecule has 132 valence electrons. The second kappa shape index (κ2) is 12.1. The highest BCUT2D eigenvalue weighted by atomic mass is 127. The van der Waals surface area contributed by atoms with Crippen LogP contribution < -0.4 is 16.0 Å². The van der Waals surface area contributed by atoms with E-state index < -0.39 is 0 Å². The highest BCUT2D eigenvalue weighted by Gasteiger charge is 2.01. The van der Waals surface area contributed by atoms with Gasteiger partial charge in [-0.15, -0.1) is 35.3 Å². The molecule has 1 heterocycles. The predicted octanol–water partition coefficient (Wildman–Crippen LogP) is 4.10. The van der Waals surface area contributed by atoms with Gasteiger partial charge in [-0.3, -0.25) is 4.99 Å². The minimum absolute atomic E-state index is 0. The standard InChI is InChI=1S/C18H26N4S.HI/c1-3-16-10-11-17(23-16)14-22-18(19-2)21-13-7-12-20-15-8-5-4-6-9-15;/h4-6,8-11,20H,3,7,12-14H2,1-2H3,(H2,19,21,22);1H. The maximum Gasteiger partial charge on any atom is 0.191 e. The lowest BCUT2D eigenvalue weighted by molar-refractivity contribution is 0.765. The number of guanidine groups is 1. The normalized spacial score (nSPS) is 10.8. The Hall–Kier alpha value is -1.28. The van der Waals surface area contributed by atoms with Gasteiger partial charge in [0.25, 0.3) is 0 Å². The highest BCUT2D eigenvalue weighted by Crippen LogP contribution is 2.16. The fourth-order valence-electron chi connectivity index (χ4n) is 2.18. The number of thiophene rings is 1. The Kier molecular flexibility index (Phi) is 10.5. The fraction of sp³-hybridized carbons (Fsp3) is 0.389. The second-order valence-corrected chi connectivity index (χ2v) is 6.47. The molecule has 0 bridgehead atoms. The topological polar surface area (TPSA) is 48.5 Å². The summed E-state index contributed by atoms with van der Waals surface area (Å²) in [4.78, 5) is 7.04. The van der Waals surface area contributed by atoms with Crippen molar-refractivity contribution >= 4 is 47.0 Å². The van der Waals surface area contributed by atoms with E-state index in [0.29, 0.717) is 0 Å². The maximum atomic E-state index is 4.26. The van der Waals surface area contributed by atoms with Crippen LogP contribution in [0.2, 0.25) is 0 Å². The summed E-state index contributed by atoms with van der Waals surface area (Å²) in [7, 11) is 1.81. The third-order valence-corrected chi connectivity index (χ3v) is 4.70. The molecule has 0 atom stereocenters. The van der Waals surface area contributed by atoms with Crippen molar-refractivity contribution in [1.82, 2.24) is 10.6 Å². The van der Waals surface area contributed by atoms with Gasteiger partial charge in [0.05, 0.1) is 6.54 Å². The van der Waals surface area contributed by atoms with E-state index in [1.54, 1.807) is 0 Å². The van der Waals surface area contributed by atoms with Crippen molar-refractivity contribution in [3.8, 4) is 0 Å². The Morgan fingerprint density at radius 3 is 2.42 bits per heavy atom. The molecule has 0 aliphatic heterocycles. The lowest BCUT2D eigenvalue weighted by atomic mass is 10.3. The Bertz CT molecular complexity index is 598. The molecule has 6 heteroatoms. The van der Waals surface area contributed by atoms with Crippen molar-refractivity contribution in [2.45, 2.75) is 26.3 Å². The van der Waals surface area contributed by atoms with E-state index in [0.717, 1.165) is 38.4 Å². The zero-order chi connectivity index (χ0) is 16.3. The van der Waals surface area contributed by atoms with E-state index in [4.69, 9.17) is 0 Å². The van der Waals surface area contributed by atoms with Crippen LogP contribution in [0.1, 0.15) is 23.1 Å². The van der Waals surface area contributed by atoms with Gasteiger partial charge in [-0.25, -0.2) is 0 Å². The smallest absolute Gasteiger partial charge is 0.191 e. The van der Waals surface area contributed by atoms with Crippen LogP contribution in [0.3, 0.4) is 0 Å². The third kappa shape index (κ3) is 7.53. The van der Waals surface area contributed by atoms with Crippen LogP contribution in [0.5, 0.6) is 0 Å². The number of anilines is 1. The molecular formula is C18H27IN4S. The zero-order valence-electron chi connectivity index (χ0n) is 14.3. The Morgan fingerprint density at radius 1 is 1.00 bits per heavy atom. The number of hydrogen-bond donors (Lipinski definition) is 3. The van der Waals surface area contributed by atoms with Crippen LogP contribution in [0.25, 0.3) is 0 Å². The predicted molar refractivity (Wildman–Crippen MR) is 117 cm³/mol. The molecule has 0 spiro atoms. The number of aliphatic imine (C=N–C) groups is 1. The van der Waals surface area contributed by atoms with E-state index >= 15 is 0 Å². The average molecular weight is 458 g/mol. The number of hydrogen-bond acceptors (Lipinski definition) is 3. The molecule has 0 unspecified atom stereocenters. The van der Waals surface area contributed by atoms with Gasteiger partial charge < -0.3 is 16.0 Å². The maximum absolute atomic E-state index is 4.26. The molecule has 4 nitrogen and oxygen atoms in total. The number of nitrogens with one attached hydrogen (secondary N) is 3. The quantitative estimate of drug-likeness (QED) is 0.242. The van der Waals surface area contributed by atoms with E-state index in [2.05, 4.69) is 52.1 Å². The Balaban J connectivity index is 0.00000288. The summed E-state index contributed by atoms with van der Waals surface area (Å²) in [6, 6.07) is 14.7. The molecule has 0 aliphatic rings. The van der Waals surface area contributed by atoms with E-state index in [-0.39, 0.29) is 24.0 Å². The average Bonchev–Trinajstić information content (AvgIpc) is 3.06. The van der Waals surface area contributed by atoms with E-state index in [9.17, 15) is 0 Å². The molecule has 24 heavy (non-hydrogen) atoms. The second-order valence-electron chi connectivity index (χ2n) is 5.22. The number of halogens is 1. The van der Waals surface area contributed by atoms with Gasteiger partial charge in [-0.1, -0.05) is 25.1 Å². The van der Waals surface area contributed by atoms with Crippen LogP contribution in [-0.4, -0.2) is 26.1 Å². The summed E-state index contributed by atoms with van der Waals surface area (Å²) in [5, 5.41) is 10.1. The number of rotatable bonds is 8. The summed E-state index contributed by atoms with van der Waals surface area (Å²) in [6.07, 6.45) is 2.14. The van der Waals surface area contributed by atoms with Crippen LogP contribution in [0.15, 0.2) is 47.5 Å². The van der Waals surface area contributed by atoms with Gasteiger partial charge in [0.2, 0.25) is 0 Å². The van der Waals surface area contributed by atoms with Crippen LogP contribution in [0.4, 0.5) is 5.69 Å². The van der Waals surface area contributed by atoms with Crippen LogP contribution in [-0.2, 0) is 13.0 Å². The molecule has 0 aliphatic carbocycles. The summed E-state index contributed by atoms with van der Waals surface area (Å²) in [6.45, 7) is 4.85. The monoisotopic (exact) mass is 458 g/mol. The minimum atomic E-state index is 0. The van der Waals surface area contributed by atoms with Crippen molar-refractivity contribution in [2.24, 2.45) is 4.99 Å². The molecule has 1 aromatic carbocycles. The first kappa shape index (κ1) is 20.8. The molecule has 0 fully saturated rings. The van der Waals surface area contributed by atoms with Gasteiger partial charge >= 0.3 is 0 Å². The molecular weight excluding hydrogens is 431 g/mol. The molecule has 2 rings (SSSR count). The number of aryl methyl sites for hydroxylation is 1. The first-order chi connectivity index (χ1) is 11.3. The van der Waals surface area contributed by atoms with E-state index in [1.165, 1.54) is 15.4 Å². The molecule has 0 saturated heterocycles. The zero-order valence-corrected chi connectivity index (χ0v) is 17.5. The molecule has 1 aromatic heterocycles.